The van der Waals surface area contributed by atoms with E-state index in [9.17, 15) is 5.11 Å². The van der Waals surface area contributed by atoms with E-state index < -0.39 is 0 Å². The lowest BCUT2D eigenvalue weighted by Gasteiger charge is -2.37. The minimum atomic E-state index is -0.0498. The van der Waals surface area contributed by atoms with Crippen LogP contribution in [0.3, 0.4) is 0 Å². The number of aliphatic hydroxyl groups excluding tert-OH is 1. The maximum Gasteiger partial charge on any atom is 0.0629 e. The topological polar surface area (TPSA) is 20.2 Å². The van der Waals surface area contributed by atoms with Crippen LogP contribution in [0.25, 0.3) is 0 Å². The molecule has 0 aromatic rings. The van der Waals surface area contributed by atoms with Gasteiger partial charge in [-0.05, 0) is 35.5 Å². The van der Waals surface area contributed by atoms with Gasteiger partial charge in [0.25, 0.3) is 0 Å². The van der Waals surface area contributed by atoms with Crippen molar-refractivity contribution >= 4 is 0 Å². The Kier molecular flexibility index (Phi) is 1.83. The Morgan fingerprint density at radius 3 is 2.23 bits per heavy atom. The van der Waals surface area contributed by atoms with Crippen LogP contribution in [-0.2, 0) is 0 Å². The molecule has 2 saturated carbocycles. The number of hydrogen-bond acceptors (Lipinski definition) is 1. The summed E-state index contributed by atoms with van der Waals surface area (Å²) in [7, 11) is 0. The van der Waals surface area contributed by atoms with Crippen molar-refractivity contribution in [3.8, 4) is 0 Å². The molecule has 1 heteroatoms. The van der Waals surface area contributed by atoms with Crippen molar-refractivity contribution in [3.05, 3.63) is 0 Å². The summed E-state index contributed by atoms with van der Waals surface area (Å²) in [5, 5.41) is 10.3. The first-order valence-corrected chi connectivity index (χ1v) is 5.63. The smallest absolute Gasteiger partial charge is 0.0629 e. The Morgan fingerprint density at radius 2 is 1.92 bits per heavy atom. The fourth-order valence-corrected chi connectivity index (χ4v) is 4.04. The summed E-state index contributed by atoms with van der Waals surface area (Å²) in [5.74, 6) is 1.33. The number of aliphatic hydroxyl groups is 1. The van der Waals surface area contributed by atoms with Gasteiger partial charge in [-0.2, -0.15) is 0 Å². The molecule has 0 aromatic heterocycles. The molecule has 0 spiro atoms. The summed E-state index contributed by atoms with van der Waals surface area (Å²) in [6, 6.07) is 0. The molecule has 0 heterocycles. The van der Waals surface area contributed by atoms with Gasteiger partial charge in [-0.3, -0.25) is 0 Å². The first-order valence-electron chi connectivity index (χ1n) is 5.63. The highest BCUT2D eigenvalue weighted by Gasteiger charge is 2.64. The molecule has 4 atom stereocenters. The summed E-state index contributed by atoms with van der Waals surface area (Å²) < 4.78 is 0. The van der Waals surface area contributed by atoms with Gasteiger partial charge in [-0.1, -0.05) is 34.1 Å². The van der Waals surface area contributed by atoms with Crippen LogP contribution >= 0.6 is 0 Å². The first-order chi connectivity index (χ1) is 5.95. The Labute approximate surface area is 81.5 Å². The van der Waals surface area contributed by atoms with E-state index in [0.717, 1.165) is 12.3 Å². The fourth-order valence-electron chi connectivity index (χ4n) is 4.04. The lowest BCUT2D eigenvalue weighted by molar-refractivity contribution is -0.0110. The van der Waals surface area contributed by atoms with Gasteiger partial charge in [0.1, 0.15) is 0 Å². The van der Waals surface area contributed by atoms with Crippen LogP contribution in [0.15, 0.2) is 0 Å². The third-order valence-electron chi connectivity index (χ3n) is 5.42. The Bertz CT molecular complexity index is 221. The van der Waals surface area contributed by atoms with E-state index in [4.69, 9.17) is 0 Å². The summed E-state index contributed by atoms with van der Waals surface area (Å²) >= 11 is 0. The van der Waals surface area contributed by atoms with Crippen molar-refractivity contribution in [2.45, 2.75) is 53.1 Å². The molecule has 76 valence electrons. The van der Waals surface area contributed by atoms with Crippen molar-refractivity contribution in [3.63, 3.8) is 0 Å². The second-order valence-electron chi connectivity index (χ2n) is 5.80. The predicted octanol–water partition coefficient (Wildman–Crippen LogP) is 2.83. The lowest BCUT2D eigenvalue weighted by atomic mass is 9.70. The van der Waals surface area contributed by atoms with Gasteiger partial charge in [0.05, 0.1) is 6.10 Å². The predicted molar refractivity (Wildman–Crippen MR) is 54.4 cm³/mol. The van der Waals surface area contributed by atoms with E-state index in [0.29, 0.717) is 11.3 Å². The van der Waals surface area contributed by atoms with Crippen LogP contribution in [0.1, 0.15) is 47.0 Å². The van der Waals surface area contributed by atoms with Gasteiger partial charge in [0, 0.05) is 0 Å². The number of rotatable bonds is 1. The molecule has 2 rings (SSSR count). The molecular weight excluding hydrogens is 160 g/mol. The van der Waals surface area contributed by atoms with E-state index >= 15 is 0 Å². The Hall–Kier alpha value is -0.0400. The largest absolute Gasteiger partial charge is 0.392 e. The van der Waals surface area contributed by atoms with Crippen LogP contribution in [0.2, 0.25) is 0 Å². The van der Waals surface area contributed by atoms with Crippen molar-refractivity contribution in [1.29, 1.82) is 0 Å². The maximum atomic E-state index is 10.3. The second kappa shape index (κ2) is 2.50. The molecule has 0 unspecified atom stereocenters. The molecule has 0 aliphatic heterocycles. The molecular formula is C12H22O. The van der Waals surface area contributed by atoms with Crippen LogP contribution in [0.5, 0.6) is 0 Å². The molecule has 13 heavy (non-hydrogen) atoms. The van der Waals surface area contributed by atoms with E-state index in [1.54, 1.807) is 0 Å². The van der Waals surface area contributed by atoms with Crippen molar-refractivity contribution in [1.82, 2.24) is 0 Å². The Balaban J connectivity index is 2.39. The summed E-state index contributed by atoms with van der Waals surface area (Å²) in [4.78, 5) is 0. The van der Waals surface area contributed by atoms with Gasteiger partial charge in [-0.15, -0.1) is 0 Å². The third kappa shape index (κ3) is 0.869. The first kappa shape index (κ1) is 9.51. The van der Waals surface area contributed by atoms with Crippen LogP contribution in [0, 0.1) is 22.7 Å². The molecule has 1 nitrogen and oxygen atoms in total. The average molecular weight is 182 g/mol. The van der Waals surface area contributed by atoms with E-state index in [-0.39, 0.29) is 11.5 Å². The normalized spacial score (nSPS) is 52.8. The zero-order valence-corrected chi connectivity index (χ0v) is 9.30. The number of hydrogen-bond donors (Lipinski definition) is 1. The van der Waals surface area contributed by atoms with E-state index in [1.165, 1.54) is 12.8 Å². The molecule has 0 aromatic carbocycles. The SMILES string of the molecule is CC[C@H]1[C@H]2CC[C@@](C)([C@@H]1O)C2(C)C. The van der Waals surface area contributed by atoms with Crippen molar-refractivity contribution in [2.24, 2.45) is 22.7 Å². The van der Waals surface area contributed by atoms with Gasteiger partial charge in [0.15, 0.2) is 0 Å². The van der Waals surface area contributed by atoms with Gasteiger partial charge < -0.3 is 5.11 Å². The molecule has 2 aliphatic carbocycles. The molecule has 0 radical (unpaired) electrons. The van der Waals surface area contributed by atoms with E-state index in [1.807, 2.05) is 0 Å². The maximum absolute atomic E-state index is 10.3. The zero-order valence-electron chi connectivity index (χ0n) is 9.30. The monoisotopic (exact) mass is 182 g/mol. The molecule has 0 saturated heterocycles. The quantitative estimate of drug-likeness (QED) is 0.661. The molecule has 2 bridgehead atoms. The van der Waals surface area contributed by atoms with E-state index in [2.05, 4.69) is 27.7 Å². The molecule has 2 fully saturated rings. The molecule has 1 N–H and O–H groups in total. The minimum Gasteiger partial charge on any atom is -0.392 e. The van der Waals surface area contributed by atoms with Crippen LogP contribution in [0.4, 0.5) is 0 Å². The Morgan fingerprint density at radius 1 is 1.31 bits per heavy atom. The average Bonchev–Trinajstić information content (AvgIpc) is 2.36. The van der Waals surface area contributed by atoms with Crippen molar-refractivity contribution < 1.29 is 5.11 Å². The van der Waals surface area contributed by atoms with Crippen LogP contribution in [-0.4, -0.2) is 11.2 Å². The van der Waals surface area contributed by atoms with Crippen LogP contribution < -0.4 is 0 Å². The highest BCUT2D eigenvalue weighted by atomic mass is 16.3. The van der Waals surface area contributed by atoms with Gasteiger partial charge >= 0.3 is 0 Å². The third-order valence-corrected chi connectivity index (χ3v) is 5.42. The van der Waals surface area contributed by atoms with Crippen molar-refractivity contribution in [2.75, 3.05) is 0 Å². The van der Waals surface area contributed by atoms with Gasteiger partial charge in [0.2, 0.25) is 0 Å². The lowest BCUT2D eigenvalue weighted by Crippen LogP contribution is -2.37. The molecule has 0 amide bonds. The highest BCUT2D eigenvalue weighted by molar-refractivity contribution is 5.13. The zero-order chi connectivity index (χ0) is 9.85. The summed E-state index contributed by atoms with van der Waals surface area (Å²) in [5.41, 5.74) is 0.547. The molecule has 2 aliphatic rings. The fraction of sp³-hybridized carbons (Fsp3) is 1.00. The van der Waals surface area contributed by atoms with Gasteiger partial charge in [-0.25, -0.2) is 0 Å². The number of fused-ring (bicyclic) bond motifs is 2. The second-order valence-corrected chi connectivity index (χ2v) is 5.80. The minimum absolute atomic E-state index is 0.0498. The summed E-state index contributed by atoms with van der Waals surface area (Å²) in [6.07, 6.45) is 3.65. The summed E-state index contributed by atoms with van der Waals surface area (Å²) in [6.45, 7) is 9.20. The highest BCUT2D eigenvalue weighted by Crippen LogP contribution is 2.68. The standard InChI is InChI=1S/C12H22O/c1-5-8-9-6-7-12(4,10(8)13)11(9,2)3/h8-10,13H,5-7H2,1-4H3/t8-,9+,10+,12-/m0/s1.